The van der Waals surface area contributed by atoms with Gasteiger partial charge in [0.2, 0.25) is 0 Å². The molecule has 7 nitrogen and oxygen atoms in total. The molecule has 1 saturated heterocycles. The van der Waals surface area contributed by atoms with E-state index in [9.17, 15) is 13.2 Å². The zero-order chi connectivity index (χ0) is 14.6. The third-order valence-corrected chi connectivity index (χ3v) is 4.87. The Kier molecular flexibility index (Phi) is 4.53. The number of nitrogens with zero attached hydrogens (tertiary/aromatic N) is 2. The van der Waals surface area contributed by atoms with Crippen molar-refractivity contribution in [2.24, 2.45) is 0 Å². The summed E-state index contributed by atoms with van der Waals surface area (Å²) in [5.41, 5.74) is 0.244. The Balaban J connectivity index is 1.98. The minimum absolute atomic E-state index is 0.118. The molecule has 0 spiro atoms. The number of nitrogens with one attached hydrogen (secondary N) is 2. The lowest BCUT2D eigenvalue weighted by atomic mass is 10.2. The molecule has 1 aromatic heterocycles. The Morgan fingerprint density at radius 1 is 1.40 bits per heavy atom. The zero-order valence-electron chi connectivity index (χ0n) is 11.3. The van der Waals surface area contributed by atoms with Gasteiger partial charge in [0, 0.05) is 12.6 Å². The van der Waals surface area contributed by atoms with Gasteiger partial charge in [0.05, 0.1) is 11.5 Å². The fraction of sp³-hybridized carbons (Fsp3) is 0.583. The van der Waals surface area contributed by atoms with Crippen molar-refractivity contribution in [3.63, 3.8) is 0 Å². The first kappa shape index (κ1) is 14.7. The van der Waals surface area contributed by atoms with Crippen LogP contribution >= 0.6 is 0 Å². The number of rotatable bonds is 4. The molecule has 0 bridgehead atoms. The fourth-order valence-electron chi connectivity index (χ4n) is 2.13. The number of hydrogen-bond acceptors (Lipinski definition) is 6. The summed E-state index contributed by atoms with van der Waals surface area (Å²) in [5.74, 6) is 0.590. The van der Waals surface area contributed by atoms with E-state index in [1.807, 2.05) is 6.92 Å². The van der Waals surface area contributed by atoms with E-state index in [0.29, 0.717) is 18.8 Å². The minimum atomic E-state index is -2.96. The number of aromatic nitrogens is 2. The molecule has 1 atom stereocenters. The Morgan fingerprint density at radius 3 is 2.80 bits per heavy atom. The third kappa shape index (κ3) is 3.89. The lowest BCUT2D eigenvalue weighted by Gasteiger charge is -2.23. The topological polar surface area (TPSA) is 101 Å². The van der Waals surface area contributed by atoms with Gasteiger partial charge in [0.25, 0.3) is 5.91 Å². The number of sulfone groups is 1. The molecule has 110 valence electrons. The molecule has 2 heterocycles. The van der Waals surface area contributed by atoms with Crippen molar-refractivity contribution < 1.29 is 13.2 Å². The van der Waals surface area contributed by atoms with Gasteiger partial charge in [-0.1, -0.05) is 0 Å². The summed E-state index contributed by atoms with van der Waals surface area (Å²) in [5, 5.41) is 13.4. The maximum Gasteiger partial charge on any atom is 0.271 e. The molecular weight excluding hydrogens is 280 g/mol. The van der Waals surface area contributed by atoms with Crippen LogP contribution in [0.2, 0.25) is 0 Å². The molecule has 1 fully saturated rings. The second kappa shape index (κ2) is 6.17. The molecule has 1 amide bonds. The molecule has 1 aromatic rings. The summed E-state index contributed by atoms with van der Waals surface area (Å²) in [7, 11) is -2.96. The Hall–Kier alpha value is -1.70. The minimum Gasteiger partial charge on any atom is -0.365 e. The van der Waals surface area contributed by atoms with Crippen molar-refractivity contribution in [2.45, 2.75) is 25.8 Å². The highest BCUT2D eigenvalue weighted by atomic mass is 32.2. The second-order valence-electron chi connectivity index (χ2n) is 4.76. The van der Waals surface area contributed by atoms with Gasteiger partial charge < -0.3 is 10.6 Å². The number of anilines is 1. The SMILES string of the molecule is CCNC(=O)c1ccc(NC2CCCS(=O)(=O)C2)nn1. The van der Waals surface area contributed by atoms with E-state index in [1.54, 1.807) is 12.1 Å². The van der Waals surface area contributed by atoms with Crippen LogP contribution in [0, 0.1) is 0 Å². The molecule has 0 radical (unpaired) electrons. The highest BCUT2D eigenvalue weighted by Gasteiger charge is 2.24. The quantitative estimate of drug-likeness (QED) is 0.824. The summed E-state index contributed by atoms with van der Waals surface area (Å²) in [6.07, 6.45) is 1.45. The predicted octanol–water partition coefficient (Wildman–Crippen LogP) is 0.215. The van der Waals surface area contributed by atoms with Crippen LogP contribution in [-0.2, 0) is 9.84 Å². The van der Waals surface area contributed by atoms with Gasteiger partial charge in [-0.05, 0) is 31.9 Å². The standard InChI is InChI=1S/C12H18N4O3S/c1-2-13-12(17)10-5-6-11(16-15-10)14-9-4-3-7-20(18,19)8-9/h5-6,9H,2-4,7-8H2,1H3,(H,13,17)(H,14,16). The molecule has 2 rings (SSSR count). The first-order valence-electron chi connectivity index (χ1n) is 6.59. The van der Waals surface area contributed by atoms with Gasteiger partial charge in [0.1, 0.15) is 5.82 Å². The molecule has 1 unspecified atom stereocenters. The van der Waals surface area contributed by atoms with E-state index in [4.69, 9.17) is 0 Å². The van der Waals surface area contributed by atoms with Crippen molar-refractivity contribution in [3.8, 4) is 0 Å². The van der Waals surface area contributed by atoms with E-state index >= 15 is 0 Å². The van der Waals surface area contributed by atoms with Gasteiger partial charge in [-0.2, -0.15) is 0 Å². The summed E-state index contributed by atoms with van der Waals surface area (Å²) in [6, 6.07) is 3.06. The maximum atomic E-state index is 11.5. The molecular formula is C12H18N4O3S. The van der Waals surface area contributed by atoms with Crippen LogP contribution in [0.15, 0.2) is 12.1 Å². The van der Waals surface area contributed by atoms with Crippen LogP contribution in [0.25, 0.3) is 0 Å². The second-order valence-corrected chi connectivity index (χ2v) is 6.99. The van der Waals surface area contributed by atoms with E-state index in [-0.39, 0.29) is 29.1 Å². The van der Waals surface area contributed by atoms with Crippen molar-refractivity contribution in [2.75, 3.05) is 23.4 Å². The normalized spacial score (nSPS) is 21.1. The zero-order valence-corrected chi connectivity index (χ0v) is 12.1. The van der Waals surface area contributed by atoms with E-state index < -0.39 is 9.84 Å². The van der Waals surface area contributed by atoms with Crippen LogP contribution in [0.1, 0.15) is 30.3 Å². The maximum absolute atomic E-state index is 11.5. The molecule has 0 aliphatic carbocycles. The van der Waals surface area contributed by atoms with Crippen molar-refractivity contribution >= 4 is 21.6 Å². The van der Waals surface area contributed by atoms with Gasteiger partial charge in [-0.3, -0.25) is 4.79 Å². The summed E-state index contributed by atoms with van der Waals surface area (Å²) in [6.45, 7) is 2.35. The molecule has 8 heteroatoms. The highest BCUT2D eigenvalue weighted by molar-refractivity contribution is 7.91. The molecule has 1 aliphatic heterocycles. The molecule has 20 heavy (non-hydrogen) atoms. The Labute approximate surface area is 118 Å². The molecule has 0 aromatic carbocycles. The number of amides is 1. The molecule has 2 N–H and O–H groups in total. The molecule has 0 saturated carbocycles. The predicted molar refractivity (Wildman–Crippen MR) is 75.3 cm³/mol. The lowest BCUT2D eigenvalue weighted by molar-refractivity contribution is 0.0950. The first-order chi connectivity index (χ1) is 9.50. The Bertz CT molecular complexity index is 571. The molecule has 1 aliphatic rings. The van der Waals surface area contributed by atoms with Crippen LogP contribution in [0.4, 0.5) is 5.82 Å². The van der Waals surface area contributed by atoms with Gasteiger partial charge in [-0.25, -0.2) is 8.42 Å². The average molecular weight is 298 g/mol. The monoisotopic (exact) mass is 298 g/mol. The number of carbonyl (C=O) groups excluding carboxylic acids is 1. The van der Waals surface area contributed by atoms with Gasteiger partial charge in [-0.15, -0.1) is 10.2 Å². The number of carbonyl (C=O) groups is 1. The average Bonchev–Trinajstić information content (AvgIpc) is 2.38. The highest BCUT2D eigenvalue weighted by Crippen LogP contribution is 2.15. The van der Waals surface area contributed by atoms with Gasteiger partial charge >= 0.3 is 0 Å². The van der Waals surface area contributed by atoms with E-state index in [1.165, 1.54) is 0 Å². The van der Waals surface area contributed by atoms with Crippen LogP contribution in [0.3, 0.4) is 0 Å². The summed E-state index contributed by atoms with van der Waals surface area (Å²) < 4.78 is 23.1. The third-order valence-electron chi connectivity index (χ3n) is 3.05. The first-order valence-corrected chi connectivity index (χ1v) is 8.41. The number of hydrogen-bond donors (Lipinski definition) is 2. The van der Waals surface area contributed by atoms with Crippen LogP contribution in [0.5, 0.6) is 0 Å². The van der Waals surface area contributed by atoms with Crippen molar-refractivity contribution in [1.29, 1.82) is 0 Å². The lowest BCUT2D eigenvalue weighted by Crippen LogP contribution is -2.35. The Morgan fingerprint density at radius 2 is 2.20 bits per heavy atom. The van der Waals surface area contributed by atoms with Crippen LogP contribution in [-0.4, -0.2) is 48.6 Å². The van der Waals surface area contributed by atoms with E-state index in [0.717, 1.165) is 6.42 Å². The fourth-order valence-corrected chi connectivity index (χ4v) is 3.76. The summed E-state index contributed by atoms with van der Waals surface area (Å²) >= 11 is 0. The summed E-state index contributed by atoms with van der Waals surface area (Å²) in [4.78, 5) is 11.5. The smallest absolute Gasteiger partial charge is 0.271 e. The van der Waals surface area contributed by atoms with Crippen LogP contribution < -0.4 is 10.6 Å². The largest absolute Gasteiger partial charge is 0.365 e. The van der Waals surface area contributed by atoms with Gasteiger partial charge in [0.15, 0.2) is 15.5 Å². The van der Waals surface area contributed by atoms with E-state index in [2.05, 4.69) is 20.8 Å². The van der Waals surface area contributed by atoms with Crippen molar-refractivity contribution in [1.82, 2.24) is 15.5 Å². The van der Waals surface area contributed by atoms with Crippen molar-refractivity contribution in [3.05, 3.63) is 17.8 Å².